The van der Waals surface area contributed by atoms with E-state index in [0.29, 0.717) is 21.4 Å². The lowest BCUT2D eigenvalue weighted by Gasteiger charge is -2.15. The Bertz CT molecular complexity index is 648. The Hall–Kier alpha value is -1.86. The number of anilines is 1. The van der Waals surface area contributed by atoms with Gasteiger partial charge in [-0.25, -0.2) is 9.78 Å². The smallest absolute Gasteiger partial charge is 0.328 e. The molecule has 6 nitrogen and oxygen atoms in total. The first kappa shape index (κ1) is 14.5. The van der Waals surface area contributed by atoms with Gasteiger partial charge in [0.15, 0.2) is 0 Å². The number of pyridine rings is 1. The van der Waals surface area contributed by atoms with E-state index >= 15 is 0 Å². The minimum absolute atomic E-state index is 0.370. The van der Waals surface area contributed by atoms with Gasteiger partial charge < -0.3 is 20.3 Å². The van der Waals surface area contributed by atoms with Gasteiger partial charge in [-0.3, -0.25) is 0 Å². The van der Waals surface area contributed by atoms with Crippen molar-refractivity contribution < 1.29 is 19.7 Å². The Morgan fingerprint density at radius 3 is 2.85 bits per heavy atom. The summed E-state index contributed by atoms with van der Waals surface area (Å²) >= 11 is 3.43. The molecule has 1 heterocycles. The zero-order valence-corrected chi connectivity index (χ0v) is 12.2. The lowest BCUT2D eigenvalue weighted by molar-refractivity contribution is -0.138. The number of halogens is 1. The molecule has 0 spiro atoms. The highest BCUT2D eigenvalue weighted by Gasteiger charge is 2.19. The van der Waals surface area contributed by atoms with Gasteiger partial charge in [0.1, 0.15) is 17.6 Å². The Morgan fingerprint density at radius 2 is 2.25 bits per heavy atom. The number of carboxylic acid groups (broad SMARTS) is 1. The monoisotopic (exact) mass is 340 g/mol. The second-order valence-electron chi connectivity index (χ2n) is 4.06. The van der Waals surface area contributed by atoms with Gasteiger partial charge in [0.2, 0.25) is 0 Å². The molecule has 2 aromatic rings. The van der Waals surface area contributed by atoms with Crippen LogP contribution in [-0.2, 0) is 4.79 Å². The number of aliphatic hydroxyl groups excluding tert-OH is 1. The van der Waals surface area contributed by atoms with Crippen LogP contribution in [0, 0.1) is 0 Å². The largest absolute Gasteiger partial charge is 0.496 e. The Morgan fingerprint density at radius 1 is 1.50 bits per heavy atom. The highest BCUT2D eigenvalue weighted by molar-refractivity contribution is 9.10. The van der Waals surface area contributed by atoms with Crippen molar-refractivity contribution in [1.29, 1.82) is 0 Å². The fourth-order valence-electron chi connectivity index (χ4n) is 1.83. The van der Waals surface area contributed by atoms with Crippen LogP contribution in [0.5, 0.6) is 5.75 Å². The average molecular weight is 341 g/mol. The zero-order valence-electron chi connectivity index (χ0n) is 10.6. The predicted molar refractivity (Wildman–Crippen MR) is 78.1 cm³/mol. The van der Waals surface area contributed by atoms with Gasteiger partial charge in [-0.1, -0.05) is 6.07 Å². The van der Waals surface area contributed by atoms with Crippen molar-refractivity contribution in [3.63, 3.8) is 0 Å². The maximum Gasteiger partial charge on any atom is 0.328 e. The maximum atomic E-state index is 11.0. The Kier molecular flexibility index (Phi) is 4.41. The lowest BCUT2D eigenvalue weighted by atomic mass is 10.1. The van der Waals surface area contributed by atoms with E-state index in [-0.39, 0.29) is 0 Å². The van der Waals surface area contributed by atoms with Crippen LogP contribution in [0.3, 0.4) is 0 Å². The molecule has 0 aliphatic carbocycles. The molecule has 1 unspecified atom stereocenters. The van der Waals surface area contributed by atoms with Crippen molar-refractivity contribution in [2.45, 2.75) is 6.04 Å². The number of rotatable bonds is 5. The molecule has 0 amide bonds. The van der Waals surface area contributed by atoms with Crippen LogP contribution in [0.15, 0.2) is 28.9 Å². The molecule has 106 valence electrons. The highest BCUT2D eigenvalue weighted by atomic mass is 79.9. The number of hydrogen-bond acceptors (Lipinski definition) is 5. The molecule has 7 heteroatoms. The molecule has 0 radical (unpaired) electrons. The fraction of sp³-hybridized carbons (Fsp3) is 0.231. The Balaban J connectivity index is 2.55. The number of nitrogens with one attached hydrogen (secondary N) is 1. The summed E-state index contributed by atoms with van der Waals surface area (Å²) in [6.07, 6.45) is 1.57. The van der Waals surface area contributed by atoms with E-state index in [4.69, 9.17) is 14.9 Å². The molecule has 0 bridgehead atoms. The van der Waals surface area contributed by atoms with Gasteiger partial charge in [0, 0.05) is 11.6 Å². The van der Waals surface area contributed by atoms with E-state index in [2.05, 4.69) is 26.2 Å². The minimum atomic E-state index is -1.15. The fourth-order valence-corrected chi connectivity index (χ4v) is 2.54. The quantitative estimate of drug-likeness (QED) is 0.769. The van der Waals surface area contributed by atoms with Crippen LogP contribution in [-0.4, -0.2) is 40.9 Å². The third kappa shape index (κ3) is 2.68. The van der Waals surface area contributed by atoms with Crippen molar-refractivity contribution in [3.05, 3.63) is 28.9 Å². The van der Waals surface area contributed by atoms with E-state index < -0.39 is 18.6 Å². The normalized spacial score (nSPS) is 12.2. The summed E-state index contributed by atoms with van der Waals surface area (Å²) in [6, 6.07) is 4.34. The van der Waals surface area contributed by atoms with Gasteiger partial charge in [-0.15, -0.1) is 0 Å². The van der Waals surface area contributed by atoms with Crippen molar-refractivity contribution in [2.75, 3.05) is 19.0 Å². The molecule has 0 saturated heterocycles. The predicted octanol–water partition coefficient (Wildman–Crippen LogP) is 1.86. The summed E-state index contributed by atoms with van der Waals surface area (Å²) < 4.78 is 5.89. The van der Waals surface area contributed by atoms with Crippen molar-refractivity contribution in [2.24, 2.45) is 0 Å². The summed E-state index contributed by atoms with van der Waals surface area (Å²) in [5.41, 5.74) is 0. The van der Waals surface area contributed by atoms with Crippen LogP contribution in [0.1, 0.15) is 0 Å². The number of fused-ring (bicyclic) bond motifs is 1. The summed E-state index contributed by atoms with van der Waals surface area (Å²) in [6.45, 7) is -0.533. The number of nitrogens with zero attached hydrogens (tertiary/aromatic N) is 1. The van der Waals surface area contributed by atoms with E-state index in [0.717, 1.165) is 5.39 Å². The number of aromatic nitrogens is 1. The zero-order chi connectivity index (χ0) is 14.7. The number of carboxylic acids is 1. The molecule has 3 N–H and O–H groups in total. The topological polar surface area (TPSA) is 91.7 Å². The summed E-state index contributed by atoms with van der Waals surface area (Å²) in [4.78, 5) is 15.1. The van der Waals surface area contributed by atoms with Crippen LogP contribution in [0.2, 0.25) is 0 Å². The Labute approximate surface area is 123 Å². The van der Waals surface area contributed by atoms with Crippen molar-refractivity contribution >= 4 is 38.5 Å². The molecule has 1 atom stereocenters. The second-order valence-corrected chi connectivity index (χ2v) is 4.85. The molecular weight excluding hydrogens is 328 g/mol. The first-order valence-corrected chi connectivity index (χ1v) is 6.59. The molecule has 0 aliphatic rings. The molecule has 1 aromatic heterocycles. The molecule has 0 saturated carbocycles. The first-order chi connectivity index (χ1) is 9.58. The molecule has 1 aromatic carbocycles. The summed E-state index contributed by atoms with van der Waals surface area (Å²) in [7, 11) is 1.54. The van der Waals surface area contributed by atoms with E-state index in [1.807, 2.05) is 6.07 Å². The number of aliphatic hydroxyl groups is 1. The van der Waals surface area contributed by atoms with Gasteiger partial charge in [-0.2, -0.15) is 0 Å². The summed E-state index contributed by atoms with van der Waals surface area (Å²) in [5.74, 6) is -0.163. The van der Waals surface area contributed by atoms with Gasteiger partial charge in [-0.05, 0) is 33.4 Å². The number of benzene rings is 1. The van der Waals surface area contributed by atoms with Crippen molar-refractivity contribution in [3.8, 4) is 5.75 Å². The highest BCUT2D eigenvalue weighted by Crippen LogP contribution is 2.36. The maximum absolute atomic E-state index is 11.0. The standard InChI is InChI=1S/C13H13BrN2O4/c1-20-9-3-2-7-4-5-15-12(10(7)11(9)14)16-8(6-17)13(18)19/h2-5,8,17H,6H2,1H3,(H,15,16)(H,18,19). The molecule has 2 rings (SSSR count). The third-order valence-electron chi connectivity index (χ3n) is 2.84. The van der Waals surface area contributed by atoms with Crippen molar-refractivity contribution in [1.82, 2.24) is 4.98 Å². The number of ether oxygens (including phenoxy) is 1. The first-order valence-electron chi connectivity index (χ1n) is 5.80. The third-order valence-corrected chi connectivity index (χ3v) is 3.63. The van der Waals surface area contributed by atoms with Gasteiger partial charge in [0.25, 0.3) is 0 Å². The molecule has 0 fully saturated rings. The lowest BCUT2D eigenvalue weighted by Crippen LogP contribution is -2.33. The van der Waals surface area contributed by atoms with Gasteiger partial charge in [0.05, 0.1) is 18.2 Å². The number of carbonyl (C=O) groups is 1. The van der Waals surface area contributed by atoms with Crippen LogP contribution in [0.25, 0.3) is 10.8 Å². The van der Waals surface area contributed by atoms with Crippen LogP contribution >= 0.6 is 15.9 Å². The van der Waals surface area contributed by atoms with Gasteiger partial charge >= 0.3 is 5.97 Å². The summed E-state index contributed by atoms with van der Waals surface area (Å²) in [5, 5.41) is 22.4. The molecule has 20 heavy (non-hydrogen) atoms. The SMILES string of the molecule is COc1ccc2ccnc(NC(CO)C(=O)O)c2c1Br. The minimum Gasteiger partial charge on any atom is -0.496 e. The number of methoxy groups -OCH3 is 1. The average Bonchev–Trinajstić information content (AvgIpc) is 2.44. The van der Waals surface area contributed by atoms with Crippen LogP contribution < -0.4 is 10.1 Å². The number of hydrogen-bond donors (Lipinski definition) is 3. The van der Waals surface area contributed by atoms with E-state index in [1.165, 1.54) is 0 Å². The second kappa shape index (κ2) is 6.06. The van der Waals surface area contributed by atoms with E-state index in [9.17, 15) is 4.79 Å². The molecule has 0 aliphatic heterocycles. The van der Waals surface area contributed by atoms with Crippen LogP contribution in [0.4, 0.5) is 5.82 Å². The van der Waals surface area contributed by atoms with E-state index in [1.54, 1.807) is 25.4 Å². The number of aliphatic carboxylic acids is 1. The molecular formula is C13H13BrN2O4.